The van der Waals surface area contributed by atoms with Crippen molar-refractivity contribution in [2.24, 2.45) is 0 Å². The van der Waals surface area contributed by atoms with E-state index >= 15 is 0 Å². The minimum absolute atomic E-state index is 0.304. The highest BCUT2D eigenvalue weighted by Crippen LogP contribution is 2.21. The second kappa shape index (κ2) is 7.62. The number of nitro groups is 1. The number of nitrogens with zero attached hydrogens (tertiary/aromatic N) is 1. The van der Waals surface area contributed by atoms with Gasteiger partial charge in [-0.15, -0.1) is 0 Å². The molecule has 1 atom stereocenters. The molecule has 0 radical (unpaired) electrons. The lowest BCUT2D eigenvalue weighted by atomic mass is 9.95. The summed E-state index contributed by atoms with van der Waals surface area (Å²) in [6, 6.07) is -0.562. The van der Waals surface area contributed by atoms with Gasteiger partial charge in [-0.05, 0) is 12.0 Å². The van der Waals surface area contributed by atoms with E-state index in [2.05, 4.69) is 0 Å². The van der Waals surface area contributed by atoms with Gasteiger partial charge in [0.25, 0.3) is 0 Å². The quantitative estimate of drug-likeness (QED) is 0.456. The summed E-state index contributed by atoms with van der Waals surface area (Å²) in [6.07, 6.45) is 5.80. The molecule has 5 nitrogen and oxygen atoms in total. The molecule has 0 spiro atoms. The molecule has 16 heavy (non-hydrogen) atoms. The molecule has 0 saturated carbocycles. The summed E-state index contributed by atoms with van der Waals surface area (Å²) in [5.41, 5.74) is 0.736. The van der Waals surface area contributed by atoms with E-state index in [1.165, 1.54) is 6.08 Å². The van der Waals surface area contributed by atoms with E-state index in [9.17, 15) is 14.9 Å². The lowest BCUT2D eigenvalue weighted by molar-refractivity contribution is -0.523. The van der Waals surface area contributed by atoms with Crippen LogP contribution in [0.25, 0.3) is 0 Å². The van der Waals surface area contributed by atoms with Gasteiger partial charge in [-0.1, -0.05) is 26.0 Å². The molecule has 0 aromatic carbocycles. The lowest BCUT2D eigenvalue weighted by Gasteiger charge is -2.13. The fourth-order valence-electron chi connectivity index (χ4n) is 1.41. The minimum Gasteiger partial charge on any atom is -0.478 e. The number of carboxylic acid groups (broad SMARTS) is 1. The highest BCUT2D eigenvalue weighted by molar-refractivity contribution is 5.80. The summed E-state index contributed by atoms with van der Waals surface area (Å²) in [7, 11) is 0. The SMILES string of the molecule is CC.O=C(O)/C=C/C1=CCCC([N+](=O)[O-])C1. The Morgan fingerprint density at radius 2 is 2.25 bits per heavy atom. The Hall–Kier alpha value is -1.65. The van der Waals surface area contributed by atoms with Gasteiger partial charge in [-0.2, -0.15) is 0 Å². The van der Waals surface area contributed by atoms with Crippen LogP contribution in [0.1, 0.15) is 33.1 Å². The molecule has 1 unspecified atom stereocenters. The summed E-state index contributed by atoms with van der Waals surface area (Å²) in [5.74, 6) is -1.03. The van der Waals surface area contributed by atoms with E-state index in [4.69, 9.17) is 5.11 Å². The van der Waals surface area contributed by atoms with Crippen molar-refractivity contribution in [3.8, 4) is 0 Å². The smallest absolute Gasteiger partial charge is 0.328 e. The molecule has 5 heteroatoms. The Morgan fingerprint density at radius 3 is 2.75 bits per heavy atom. The van der Waals surface area contributed by atoms with Gasteiger partial charge >= 0.3 is 5.97 Å². The van der Waals surface area contributed by atoms with Crippen LogP contribution in [0, 0.1) is 10.1 Å². The number of carboxylic acids is 1. The largest absolute Gasteiger partial charge is 0.478 e. The van der Waals surface area contributed by atoms with E-state index in [1.807, 2.05) is 19.9 Å². The van der Waals surface area contributed by atoms with E-state index in [0.29, 0.717) is 19.3 Å². The van der Waals surface area contributed by atoms with Gasteiger partial charge in [0.1, 0.15) is 0 Å². The number of hydrogen-bond donors (Lipinski definition) is 1. The third-order valence-electron chi connectivity index (χ3n) is 2.12. The Balaban J connectivity index is 0.00000106. The first kappa shape index (κ1) is 14.3. The third-order valence-corrected chi connectivity index (χ3v) is 2.12. The number of allylic oxidation sites excluding steroid dienone is 2. The van der Waals surface area contributed by atoms with Crippen molar-refractivity contribution in [3.63, 3.8) is 0 Å². The van der Waals surface area contributed by atoms with Gasteiger partial charge in [-0.3, -0.25) is 10.1 Å². The molecule has 1 rings (SSSR count). The highest BCUT2D eigenvalue weighted by Gasteiger charge is 2.23. The molecule has 0 fully saturated rings. The number of carbonyl (C=O) groups is 1. The first-order valence-electron chi connectivity index (χ1n) is 5.33. The summed E-state index contributed by atoms with van der Waals surface area (Å²) >= 11 is 0. The molecular weight excluding hydrogens is 210 g/mol. The second-order valence-corrected chi connectivity index (χ2v) is 3.17. The lowest BCUT2D eigenvalue weighted by Crippen LogP contribution is -2.21. The molecule has 90 valence electrons. The van der Waals surface area contributed by atoms with Crippen LogP contribution in [0.2, 0.25) is 0 Å². The van der Waals surface area contributed by atoms with Crippen molar-refractivity contribution in [2.45, 2.75) is 39.2 Å². The van der Waals surface area contributed by atoms with Gasteiger partial charge in [0.15, 0.2) is 0 Å². The molecule has 0 amide bonds. The van der Waals surface area contributed by atoms with Crippen molar-refractivity contribution < 1.29 is 14.8 Å². The topological polar surface area (TPSA) is 80.4 Å². The van der Waals surface area contributed by atoms with Crippen LogP contribution in [-0.2, 0) is 4.79 Å². The zero-order valence-electron chi connectivity index (χ0n) is 9.55. The number of rotatable bonds is 3. The Morgan fingerprint density at radius 1 is 1.62 bits per heavy atom. The van der Waals surface area contributed by atoms with Gasteiger partial charge < -0.3 is 5.11 Å². The maximum atomic E-state index is 10.5. The van der Waals surface area contributed by atoms with Crippen molar-refractivity contribution in [2.75, 3.05) is 0 Å². The second-order valence-electron chi connectivity index (χ2n) is 3.17. The molecule has 0 aromatic rings. The van der Waals surface area contributed by atoms with Gasteiger partial charge in [-0.25, -0.2) is 4.79 Å². The summed E-state index contributed by atoms with van der Waals surface area (Å²) < 4.78 is 0. The zero-order valence-corrected chi connectivity index (χ0v) is 9.55. The third kappa shape index (κ3) is 5.29. The standard InChI is InChI=1S/C9H11NO4.C2H6/c11-9(12)5-4-7-2-1-3-8(6-7)10(13)14;1-2/h2,4-5,8H,1,3,6H2,(H,11,12);1-2H3/b5-4+;. The van der Waals surface area contributed by atoms with E-state index in [1.54, 1.807) is 0 Å². The first-order chi connectivity index (χ1) is 7.59. The van der Waals surface area contributed by atoms with Crippen molar-refractivity contribution >= 4 is 5.97 Å². The van der Waals surface area contributed by atoms with Gasteiger partial charge in [0, 0.05) is 23.8 Å². The molecule has 0 aliphatic heterocycles. The van der Waals surface area contributed by atoms with E-state index in [0.717, 1.165) is 11.6 Å². The van der Waals surface area contributed by atoms with Crippen molar-refractivity contribution in [1.82, 2.24) is 0 Å². The summed E-state index contributed by atoms with van der Waals surface area (Å²) in [5, 5.41) is 18.8. The van der Waals surface area contributed by atoms with Gasteiger partial charge in [0.05, 0.1) is 0 Å². The predicted octanol–water partition coefficient (Wildman–Crippen LogP) is 2.41. The molecule has 1 N–H and O–H groups in total. The summed E-state index contributed by atoms with van der Waals surface area (Å²) in [4.78, 5) is 20.4. The Kier molecular flexibility index (Phi) is 6.83. The van der Waals surface area contributed by atoms with Crippen LogP contribution in [0.15, 0.2) is 23.8 Å². The maximum absolute atomic E-state index is 10.5. The zero-order chi connectivity index (χ0) is 12.6. The molecule has 0 bridgehead atoms. The molecule has 1 aliphatic carbocycles. The maximum Gasteiger partial charge on any atom is 0.328 e. The molecular formula is C11H17NO4. The molecule has 0 saturated heterocycles. The van der Waals surface area contributed by atoms with Crippen LogP contribution >= 0.6 is 0 Å². The Labute approximate surface area is 94.6 Å². The predicted molar refractivity (Wildman–Crippen MR) is 60.8 cm³/mol. The Bertz CT molecular complexity index is 307. The normalized spacial score (nSPS) is 19.6. The van der Waals surface area contributed by atoms with Crippen LogP contribution in [0.5, 0.6) is 0 Å². The van der Waals surface area contributed by atoms with Crippen LogP contribution in [0.3, 0.4) is 0 Å². The number of aliphatic carboxylic acids is 1. The van der Waals surface area contributed by atoms with Crippen molar-refractivity contribution in [1.29, 1.82) is 0 Å². The van der Waals surface area contributed by atoms with Gasteiger partial charge in [0.2, 0.25) is 6.04 Å². The van der Waals surface area contributed by atoms with Crippen LogP contribution in [0.4, 0.5) is 0 Å². The van der Waals surface area contributed by atoms with Crippen LogP contribution in [-0.4, -0.2) is 22.0 Å². The minimum atomic E-state index is -1.03. The molecule has 1 aliphatic rings. The van der Waals surface area contributed by atoms with Crippen LogP contribution < -0.4 is 0 Å². The monoisotopic (exact) mass is 227 g/mol. The fraction of sp³-hybridized carbons (Fsp3) is 0.545. The summed E-state index contributed by atoms with van der Waals surface area (Å²) in [6.45, 7) is 4.00. The first-order valence-corrected chi connectivity index (χ1v) is 5.33. The van der Waals surface area contributed by atoms with Crippen molar-refractivity contribution in [3.05, 3.63) is 33.9 Å². The highest BCUT2D eigenvalue weighted by atomic mass is 16.6. The number of hydrogen-bond acceptors (Lipinski definition) is 3. The van der Waals surface area contributed by atoms with E-state index in [-0.39, 0.29) is 4.92 Å². The molecule has 0 heterocycles. The average molecular weight is 227 g/mol. The average Bonchev–Trinajstić information content (AvgIpc) is 2.29. The molecule has 0 aromatic heterocycles. The van der Waals surface area contributed by atoms with E-state index < -0.39 is 12.0 Å². The fourth-order valence-corrected chi connectivity index (χ4v) is 1.41.